The second-order valence-electron chi connectivity index (χ2n) is 2.26. The Labute approximate surface area is 47.0 Å². The van der Waals surface area contributed by atoms with Crippen molar-refractivity contribution in [1.82, 2.24) is 5.32 Å². The van der Waals surface area contributed by atoms with Crippen molar-refractivity contribution in [3.8, 4) is 0 Å². The number of nitrogens with one attached hydrogen (secondary N) is 1. The van der Waals surface area contributed by atoms with Crippen LogP contribution in [0.4, 0.5) is 0 Å². The molecule has 2 aliphatic rings. The molecule has 44 valence electrons. The van der Waals surface area contributed by atoms with Crippen molar-refractivity contribution in [3.05, 3.63) is 0 Å². The molecule has 0 unspecified atom stereocenters. The molecule has 2 heterocycles. The third kappa shape index (κ3) is 0.395. The fraction of sp³-hybridized carbons (Fsp3) is 0.800. The van der Waals surface area contributed by atoms with Gasteiger partial charge in [0.2, 0.25) is 0 Å². The maximum Gasteiger partial charge on any atom is 0.323 e. The molecule has 0 aromatic rings. The van der Waals surface area contributed by atoms with E-state index in [9.17, 15) is 4.79 Å². The molecule has 2 atom stereocenters. The molecule has 0 spiro atoms. The molecule has 8 heavy (non-hydrogen) atoms. The van der Waals surface area contributed by atoms with Crippen molar-refractivity contribution in [2.75, 3.05) is 6.54 Å². The number of hydrogen-bond acceptors (Lipinski definition) is 3. The van der Waals surface area contributed by atoms with Crippen LogP contribution in [0, 0.1) is 0 Å². The third-order valence-corrected chi connectivity index (χ3v) is 1.66. The summed E-state index contributed by atoms with van der Waals surface area (Å²) >= 11 is 0. The molecule has 0 radical (unpaired) electrons. The van der Waals surface area contributed by atoms with Crippen molar-refractivity contribution < 1.29 is 9.53 Å². The van der Waals surface area contributed by atoms with E-state index in [1.165, 1.54) is 0 Å². The van der Waals surface area contributed by atoms with Crippen LogP contribution in [-0.2, 0) is 9.53 Å². The van der Waals surface area contributed by atoms with Gasteiger partial charge in [-0.3, -0.25) is 4.79 Å². The Morgan fingerprint density at radius 2 is 2.62 bits per heavy atom. The number of morpholine rings is 1. The van der Waals surface area contributed by atoms with Crippen molar-refractivity contribution in [3.63, 3.8) is 0 Å². The first-order chi connectivity index (χ1) is 3.86. The summed E-state index contributed by atoms with van der Waals surface area (Å²) in [5, 5.41) is 3.03. The highest BCUT2D eigenvalue weighted by atomic mass is 16.6. The van der Waals surface area contributed by atoms with E-state index in [2.05, 4.69) is 5.32 Å². The largest absolute Gasteiger partial charge is 0.460 e. The highest BCUT2D eigenvalue weighted by Crippen LogP contribution is 2.19. The maximum atomic E-state index is 10.6. The van der Waals surface area contributed by atoms with Gasteiger partial charge in [-0.15, -0.1) is 0 Å². The van der Waals surface area contributed by atoms with E-state index in [0.29, 0.717) is 0 Å². The van der Waals surface area contributed by atoms with E-state index in [1.807, 2.05) is 0 Å². The fourth-order valence-corrected chi connectivity index (χ4v) is 1.22. The molecule has 0 aliphatic carbocycles. The number of carbonyl (C=O) groups is 1. The molecule has 0 amide bonds. The van der Waals surface area contributed by atoms with Crippen LogP contribution in [-0.4, -0.2) is 24.7 Å². The van der Waals surface area contributed by atoms with Crippen molar-refractivity contribution in [2.45, 2.75) is 18.6 Å². The van der Waals surface area contributed by atoms with E-state index in [-0.39, 0.29) is 18.1 Å². The van der Waals surface area contributed by atoms with Gasteiger partial charge < -0.3 is 10.1 Å². The van der Waals surface area contributed by atoms with Gasteiger partial charge in [-0.2, -0.15) is 0 Å². The molecule has 0 aromatic carbocycles. The number of carbonyl (C=O) groups excluding carboxylic acids is 1. The number of ether oxygens (including phenoxy) is 1. The lowest BCUT2D eigenvalue weighted by atomic mass is 10.2. The maximum absolute atomic E-state index is 10.6. The molecule has 1 N–H and O–H groups in total. The van der Waals surface area contributed by atoms with Gasteiger partial charge in [-0.05, 0) is 0 Å². The SMILES string of the molecule is O=C1O[C@H]2CN[C@@H]1C2. The van der Waals surface area contributed by atoms with Crippen LogP contribution in [0.2, 0.25) is 0 Å². The number of fused-ring (bicyclic) bond motifs is 2. The number of rotatable bonds is 0. The second-order valence-corrected chi connectivity index (χ2v) is 2.26. The van der Waals surface area contributed by atoms with Gasteiger partial charge in [0.1, 0.15) is 12.1 Å². The fourth-order valence-electron chi connectivity index (χ4n) is 1.22. The molecule has 2 bridgehead atoms. The molecule has 0 saturated carbocycles. The first kappa shape index (κ1) is 4.32. The van der Waals surface area contributed by atoms with Crippen LogP contribution in [0.3, 0.4) is 0 Å². The van der Waals surface area contributed by atoms with Crippen LogP contribution in [0.25, 0.3) is 0 Å². The minimum absolute atomic E-state index is 0.0278. The summed E-state index contributed by atoms with van der Waals surface area (Å²) in [6.07, 6.45) is 1.08. The smallest absolute Gasteiger partial charge is 0.323 e. The van der Waals surface area contributed by atoms with Gasteiger partial charge in [0.05, 0.1) is 0 Å². The van der Waals surface area contributed by atoms with Crippen LogP contribution in [0.15, 0.2) is 0 Å². The Kier molecular flexibility index (Phi) is 0.663. The van der Waals surface area contributed by atoms with E-state index >= 15 is 0 Å². The summed E-state index contributed by atoms with van der Waals surface area (Å²) in [4.78, 5) is 10.6. The predicted molar refractivity (Wildman–Crippen MR) is 26.3 cm³/mol. The average molecular weight is 113 g/mol. The average Bonchev–Trinajstić information content (AvgIpc) is 2.23. The second kappa shape index (κ2) is 1.23. The molecular weight excluding hydrogens is 106 g/mol. The zero-order chi connectivity index (χ0) is 5.56. The molecule has 3 nitrogen and oxygen atoms in total. The number of esters is 1. The standard InChI is InChI=1S/C5H7NO2/c7-5-4-1-3(8-5)2-6-4/h3-4,6H,1-2H2/t3-,4-/m1/s1. The van der Waals surface area contributed by atoms with E-state index in [0.717, 1.165) is 13.0 Å². The molecule has 2 aliphatic heterocycles. The Balaban J connectivity index is 2.22. The van der Waals surface area contributed by atoms with Crippen LogP contribution in [0.1, 0.15) is 6.42 Å². The van der Waals surface area contributed by atoms with Gasteiger partial charge in [0, 0.05) is 13.0 Å². The summed E-state index contributed by atoms with van der Waals surface area (Å²) in [5.41, 5.74) is 0. The van der Waals surface area contributed by atoms with Gasteiger partial charge in [0.15, 0.2) is 0 Å². The molecular formula is C5H7NO2. The first-order valence-electron chi connectivity index (χ1n) is 2.80. The Morgan fingerprint density at radius 1 is 1.75 bits per heavy atom. The van der Waals surface area contributed by atoms with E-state index < -0.39 is 0 Å². The van der Waals surface area contributed by atoms with Crippen LogP contribution < -0.4 is 5.32 Å². The molecule has 2 rings (SSSR count). The van der Waals surface area contributed by atoms with Crippen LogP contribution >= 0.6 is 0 Å². The highest BCUT2D eigenvalue weighted by Gasteiger charge is 2.39. The normalized spacial score (nSPS) is 42.8. The topological polar surface area (TPSA) is 38.3 Å². The summed E-state index contributed by atoms with van der Waals surface area (Å²) in [6.45, 7) is 0.858. The lowest BCUT2D eigenvalue weighted by Gasteiger charge is -2.09. The quantitative estimate of drug-likeness (QED) is 0.421. The zero-order valence-electron chi connectivity index (χ0n) is 4.39. The summed E-state index contributed by atoms with van der Waals surface area (Å²) in [7, 11) is 0. The van der Waals surface area contributed by atoms with E-state index in [4.69, 9.17) is 4.74 Å². The van der Waals surface area contributed by atoms with Gasteiger partial charge >= 0.3 is 5.97 Å². The monoisotopic (exact) mass is 113 g/mol. The van der Waals surface area contributed by atoms with Crippen molar-refractivity contribution in [1.29, 1.82) is 0 Å². The summed E-state index contributed by atoms with van der Waals surface area (Å²) in [5.74, 6) is -0.0683. The summed E-state index contributed by atoms with van der Waals surface area (Å²) < 4.78 is 4.86. The number of hydrogen-bond donors (Lipinski definition) is 1. The minimum atomic E-state index is -0.0683. The highest BCUT2D eigenvalue weighted by molar-refractivity contribution is 5.79. The van der Waals surface area contributed by atoms with Crippen LogP contribution in [0.5, 0.6) is 0 Å². The Bertz CT molecular complexity index is 134. The molecule has 3 heteroatoms. The van der Waals surface area contributed by atoms with Crippen molar-refractivity contribution in [2.24, 2.45) is 0 Å². The molecule has 2 fully saturated rings. The van der Waals surface area contributed by atoms with Gasteiger partial charge in [-0.25, -0.2) is 0 Å². The lowest BCUT2D eigenvalue weighted by molar-refractivity contribution is -0.145. The Morgan fingerprint density at radius 3 is 2.88 bits per heavy atom. The van der Waals surface area contributed by atoms with Crippen molar-refractivity contribution >= 4 is 5.97 Å². The predicted octanol–water partition coefficient (Wildman–Crippen LogP) is -0.726. The molecule has 2 saturated heterocycles. The zero-order valence-corrected chi connectivity index (χ0v) is 4.39. The lowest BCUT2D eigenvalue weighted by Crippen LogP contribution is -2.35. The van der Waals surface area contributed by atoms with Gasteiger partial charge in [0.25, 0.3) is 0 Å². The first-order valence-corrected chi connectivity index (χ1v) is 2.80. The minimum Gasteiger partial charge on any atom is -0.460 e. The van der Waals surface area contributed by atoms with E-state index in [1.54, 1.807) is 0 Å². The van der Waals surface area contributed by atoms with Gasteiger partial charge in [-0.1, -0.05) is 0 Å². The summed E-state index contributed by atoms with van der Waals surface area (Å²) in [6, 6.07) is 0.0278. The Hall–Kier alpha value is -0.570. The third-order valence-electron chi connectivity index (χ3n) is 1.66. The molecule has 0 aromatic heterocycles.